The minimum absolute atomic E-state index is 0.123. The van der Waals surface area contributed by atoms with E-state index in [2.05, 4.69) is 10.2 Å². The molecule has 3 aromatic rings. The lowest BCUT2D eigenvalue weighted by Gasteiger charge is -2.08. The predicted octanol–water partition coefficient (Wildman–Crippen LogP) is 3.96. The molecule has 0 spiro atoms. The number of nitrogens with one attached hydrogen (secondary N) is 1. The number of rotatable bonds is 2. The van der Waals surface area contributed by atoms with Crippen molar-refractivity contribution in [3.05, 3.63) is 58.3 Å². The molecule has 100 valence electrons. The molecule has 20 heavy (non-hydrogen) atoms. The molecule has 0 aliphatic carbocycles. The van der Waals surface area contributed by atoms with Gasteiger partial charge in [-0.25, -0.2) is 0 Å². The first-order chi connectivity index (χ1) is 9.66. The number of para-hydroxylation sites is 1. The summed E-state index contributed by atoms with van der Waals surface area (Å²) in [6, 6.07) is 14.3. The molecular formula is C14H10ClN3OS. The van der Waals surface area contributed by atoms with Gasteiger partial charge >= 0.3 is 0 Å². The summed E-state index contributed by atoms with van der Waals surface area (Å²) in [4.78, 5) is 0. The number of H-pyrrole nitrogens is 1. The Labute approximate surface area is 125 Å². The van der Waals surface area contributed by atoms with Gasteiger partial charge in [-0.15, -0.1) is 0 Å². The third kappa shape index (κ3) is 2.21. The molecule has 0 saturated carbocycles. The van der Waals surface area contributed by atoms with E-state index >= 15 is 0 Å². The van der Waals surface area contributed by atoms with Crippen LogP contribution in [-0.4, -0.2) is 19.9 Å². The van der Waals surface area contributed by atoms with Crippen molar-refractivity contribution < 1.29 is 5.11 Å². The van der Waals surface area contributed by atoms with E-state index in [1.165, 1.54) is 6.07 Å². The fourth-order valence-electron chi connectivity index (χ4n) is 1.98. The maximum Gasteiger partial charge on any atom is 0.200 e. The SMILES string of the molecule is Oc1ccc(Cl)c(-c2n[nH]c(=S)n2-c2ccccc2)c1. The largest absolute Gasteiger partial charge is 0.508 e. The molecule has 0 bridgehead atoms. The summed E-state index contributed by atoms with van der Waals surface area (Å²) in [6.45, 7) is 0. The lowest BCUT2D eigenvalue weighted by molar-refractivity contribution is 0.475. The summed E-state index contributed by atoms with van der Waals surface area (Å²) in [7, 11) is 0. The van der Waals surface area contributed by atoms with E-state index in [4.69, 9.17) is 23.8 Å². The number of aromatic amines is 1. The first-order valence-corrected chi connectivity index (χ1v) is 6.67. The number of aromatic hydroxyl groups is 1. The second-order valence-electron chi connectivity index (χ2n) is 4.19. The van der Waals surface area contributed by atoms with Gasteiger partial charge < -0.3 is 5.11 Å². The molecule has 0 fully saturated rings. The maximum atomic E-state index is 9.64. The van der Waals surface area contributed by atoms with Crippen molar-refractivity contribution in [1.82, 2.24) is 14.8 Å². The summed E-state index contributed by atoms with van der Waals surface area (Å²) in [6.07, 6.45) is 0. The van der Waals surface area contributed by atoms with E-state index in [1.807, 2.05) is 30.3 Å². The highest BCUT2D eigenvalue weighted by molar-refractivity contribution is 7.71. The number of aromatic nitrogens is 3. The Morgan fingerprint density at radius 1 is 1.15 bits per heavy atom. The average molecular weight is 304 g/mol. The van der Waals surface area contributed by atoms with Gasteiger partial charge in [-0.05, 0) is 42.5 Å². The monoisotopic (exact) mass is 303 g/mol. The number of nitrogens with zero attached hydrogens (tertiary/aromatic N) is 2. The third-order valence-electron chi connectivity index (χ3n) is 2.88. The van der Waals surface area contributed by atoms with Crippen molar-refractivity contribution in [3.8, 4) is 22.8 Å². The van der Waals surface area contributed by atoms with Gasteiger partial charge in [-0.2, -0.15) is 5.10 Å². The minimum Gasteiger partial charge on any atom is -0.508 e. The van der Waals surface area contributed by atoms with Crippen molar-refractivity contribution >= 4 is 23.8 Å². The van der Waals surface area contributed by atoms with Crippen LogP contribution in [0.1, 0.15) is 0 Å². The Morgan fingerprint density at radius 3 is 2.65 bits per heavy atom. The zero-order valence-corrected chi connectivity index (χ0v) is 11.8. The Kier molecular flexibility index (Phi) is 3.30. The molecule has 0 radical (unpaired) electrons. The van der Waals surface area contributed by atoms with Crippen LogP contribution in [0.15, 0.2) is 48.5 Å². The molecular weight excluding hydrogens is 294 g/mol. The number of phenolic OH excluding ortho intramolecular Hbond substituents is 1. The van der Waals surface area contributed by atoms with Crippen molar-refractivity contribution in [1.29, 1.82) is 0 Å². The molecule has 3 rings (SSSR count). The van der Waals surface area contributed by atoms with Gasteiger partial charge in [-0.1, -0.05) is 29.8 Å². The summed E-state index contributed by atoms with van der Waals surface area (Å²) >= 11 is 11.5. The van der Waals surface area contributed by atoms with Crippen molar-refractivity contribution in [3.63, 3.8) is 0 Å². The third-order valence-corrected chi connectivity index (χ3v) is 3.48. The van der Waals surface area contributed by atoms with Crippen LogP contribution in [0.5, 0.6) is 5.75 Å². The summed E-state index contributed by atoms with van der Waals surface area (Å²) < 4.78 is 2.24. The van der Waals surface area contributed by atoms with Crippen molar-refractivity contribution in [2.75, 3.05) is 0 Å². The second-order valence-corrected chi connectivity index (χ2v) is 4.98. The van der Waals surface area contributed by atoms with Gasteiger partial charge in [-0.3, -0.25) is 9.67 Å². The Hall–Kier alpha value is -2.11. The van der Waals surface area contributed by atoms with Crippen LogP contribution < -0.4 is 0 Å². The normalized spacial score (nSPS) is 10.7. The number of benzene rings is 2. The van der Waals surface area contributed by atoms with Gasteiger partial charge in [0.25, 0.3) is 0 Å². The maximum absolute atomic E-state index is 9.64. The average Bonchev–Trinajstić information content (AvgIpc) is 2.84. The quantitative estimate of drug-likeness (QED) is 0.705. The van der Waals surface area contributed by atoms with Gasteiger partial charge in [0, 0.05) is 11.3 Å². The fraction of sp³-hybridized carbons (Fsp3) is 0. The van der Waals surface area contributed by atoms with Gasteiger partial charge in [0.1, 0.15) is 5.75 Å². The lowest BCUT2D eigenvalue weighted by Crippen LogP contribution is -1.97. The number of hydrogen-bond donors (Lipinski definition) is 2. The first kappa shape index (κ1) is 12.9. The topological polar surface area (TPSA) is 53.8 Å². The Balaban J connectivity index is 2.27. The van der Waals surface area contributed by atoms with Crippen LogP contribution in [0, 0.1) is 4.77 Å². The van der Waals surface area contributed by atoms with E-state index in [0.29, 0.717) is 21.2 Å². The molecule has 0 aliphatic rings. The molecule has 2 aromatic carbocycles. The van der Waals surface area contributed by atoms with Crippen LogP contribution in [-0.2, 0) is 0 Å². The highest BCUT2D eigenvalue weighted by atomic mass is 35.5. The molecule has 1 aromatic heterocycles. The fourth-order valence-corrected chi connectivity index (χ4v) is 2.42. The second kappa shape index (κ2) is 5.11. The lowest BCUT2D eigenvalue weighted by atomic mass is 10.2. The van der Waals surface area contributed by atoms with Crippen LogP contribution in [0.2, 0.25) is 5.02 Å². The van der Waals surface area contributed by atoms with Crippen LogP contribution in [0.25, 0.3) is 17.1 Å². The summed E-state index contributed by atoms with van der Waals surface area (Å²) in [5, 5.41) is 17.1. The predicted molar refractivity (Wildman–Crippen MR) is 80.9 cm³/mol. The molecule has 6 heteroatoms. The van der Waals surface area contributed by atoms with Crippen molar-refractivity contribution in [2.45, 2.75) is 0 Å². The van der Waals surface area contributed by atoms with Gasteiger partial charge in [0.2, 0.25) is 0 Å². The zero-order chi connectivity index (χ0) is 14.1. The van der Waals surface area contributed by atoms with Crippen LogP contribution in [0.4, 0.5) is 0 Å². The highest BCUT2D eigenvalue weighted by Crippen LogP contribution is 2.31. The van der Waals surface area contributed by atoms with E-state index in [9.17, 15) is 5.11 Å². The summed E-state index contributed by atoms with van der Waals surface area (Å²) in [5.41, 5.74) is 1.49. The molecule has 4 nitrogen and oxygen atoms in total. The number of hydrogen-bond acceptors (Lipinski definition) is 3. The molecule has 0 saturated heterocycles. The van der Waals surface area contributed by atoms with E-state index < -0.39 is 0 Å². The standard InChI is InChI=1S/C14H10ClN3OS/c15-12-7-6-10(19)8-11(12)13-16-17-14(20)18(13)9-4-2-1-3-5-9/h1-8,19H,(H,17,20). The number of halogens is 1. The van der Waals surface area contributed by atoms with Crippen LogP contribution in [0.3, 0.4) is 0 Å². The molecule has 0 amide bonds. The van der Waals surface area contributed by atoms with Gasteiger partial charge in [0.05, 0.1) is 5.02 Å². The minimum atomic E-state index is 0.123. The zero-order valence-electron chi connectivity index (χ0n) is 10.2. The molecule has 0 aliphatic heterocycles. The van der Waals surface area contributed by atoms with E-state index in [1.54, 1.807) is 16.7 Å². The molecule has 0 unspecified atom stereocenters. The highest BCUT2D eigenvalue weighted by Gasteiger charge is 2.14. The number of phenols is 1. The van der Waals surface area contributed by atoms with Gasteiger partial charge in [0.15, 0.2) is 10.6 Å². The van der Waals surface area contributed by atoms with Crippen LogP contribution >= 0.6 is 23.8 Å². The molecule has 2 N–H and O–H groups in total. The van der Waals surface area contributed by atoms with Crippen molar-refractivity contribution in [2.24, 2.45) is 0 Å². The first-order valence-electron chi connectivity index (χ1n) is 5.88. The molecule has 1 heterocycles. The smallest absolute Gasteiger partial charge is 0.200 e. The van der Waals surface area contributed by atoms with E-state index in [-0.39, 0.29) is 5.75 Å². The van der Waals surface area contributed by atoms with E-state index in [0.717, 1.165) is 5.69 Å². The Bertz CT molecular complexity index is 811. The summed E-state index contributed by atoms with van der Waals surface area (Å²) in [5.74, 6) is 0.681. The molecule has 0 atom stereocenters. The Morgan fingerprint density at radius 2 is 1.90 bits per heavy atom.